The molecule has 104 valence electrons. The van der Waals surface area contributed by atoms with Crippen LogP contribution in [0.2, 0.25) is 0 Å². The summed E-state index contributed by atoms with van der Waals surface area (Å²) >= 11 is 0. The molecule has 0 aliphatic heterocycles. The predicted molar refractivity (Wildman–Crippen MR) is 73.5 cm³/mol. The number of fused-ring (bicyclic) bond motifs is 5. The zero-order chi connectivity index (χ0) is 12.8. The van der Waals surface area contributed by atoms with E-state index >= 15 is 0 Å². The van der Waals surface area contributed by atoms with Crippen molar-refractivity contribution in [3.8, 4) is 0 Å². The molecule has 2 bridgehead atoms. The maximum atomic E-state index is 4.34. The Morgan fingerprint density at radius 3 is 3.00 bits per heavy atom. The zero-order valence-corrected chi connectivity index (χ0v) is 11.8. The molecule has 4 heteroatoms. The van der Waals surface area contributed by atoms with Gasteiger partial charge in [-0.1, -0.05) is 6.42 Å². The van der Waals surface area contributed by atoms with E-state index in [4.69, 9.17) is 0 Å². The highest BCUT2D eigenvalue weighted by Gasteiger charge is 2.53. The van der Waals surface area contributed by atoms with Gasteiger partial charge >= 0.3 is 0 Å². The molecule has 3 aliphatic carbocycles. The molecule has 3 fully saturated rings. The van der Waals surface area contributed by atoms with Crippen molar-refractivity contribution in [3.05, 3.63) is 12.2 Å². The molecular formula is C15H24N4. The van der Waals surface area contributed by atoms with Gasteiger partial charge in [0.05, 0.1) is 0 Å². The lowest BCUT2D eigenvalue weighted by molar-refractivity contribution is 0.209. The number of rotatable bonds is 4. The Morgan fingerprint density at radius 2 is 2.16 bits per heavy atom. The van der Waals surface area contributed by atoms with Crippen LogP contribution in [0.15, 0.2) is 6.33 Å². The summed E-state index contributed by atoms with van der Waals surface area (Å²) in [6.45, 7) is 1.04. The summed E-state index contributed by atoms with van der Waals surface area (Å²) in [7, 11) is 1.93. The lowest BCUT2D eigenvalue weighted by Crippen LogP contribution is -2.40. The third-order valence-electron chi connectivity index (χ3n) is 5.83. The first kappa shape index (κ1) is 11.9. The van der Waals surface area contributed by atoms with E-state index in [1.165, 1.54) is 32.1 Å². The van der Waals surface area contributed by atoms with E-state index < -0.39 is 0 Å². The van der Waals surface area contributed by atoms with Gasteiger partial charge in [-0.25, -0.2) is 4.98 Å². The minimum absolute atomic E-state index is 0.785. The molecule has 3 aliphatic rings. The standard InChI is InChI=1S/C15H24N4/c1-19-9-17-15(18-19)5-6-16-14-8-10-7-13(14)12-4-2-3-11(10)12/h9-14,16H,2-8H2,1H3. The summed E-state index contributed by atoms with van der Waals surface area (Å²) in [5.74, 6) is 5.15. The van der Waals surface area contributed by atoms with Crippen molar-refractivity contribution in [2.45, 2.75) is 44.6 Å². The van der Waals surface area contributed by atoms with Crippen molar-refractivity contribution >= 4 is 0 Å². The Kier molecular flexibility index (Phi) is 2.87. The number of nitrogens with one attached hydrogen (secondary N) is 1. The van der Waals surface area contributed by atoms with E-state index in [1.807, 2.05) is 7.05 Å². The van der Waals surface area contributed by atoms with Crippen molar-refractivity contribution in [3.63, 3.8) is 0 Å². The Hall–Kier alpha value is -0.900. The summed E-state index contributed by atoms with van der Waals surface area (Å²) in [5, 5.41) is 8.14. The fourth-order valence-electron chi connectivity index (χ4n) is 5.17. The number of hydrogen-bond acceptors (Lipinski definition) is 3. The molecule has 4 nitrogen and oxygen atoms in total. The molecular weight excluding hydrogens is 236 g/mol. The van der Waals surface area contributed by atoms with Gasteiger partial charge in [0.2, 0.25) is 0 Å². The van der Waals surface area contributed by atoms with Gasteiger partial charge in [-0.2, -0.15) is 5.10 Å². The van der Waals surface area contributed by atoms with Crippen LogP contribution in [0.3, 0.4) is 0 Å². The largest absolute Gasteiger partial charge is 0.313 e. The summed E-state index contributed by atoms with van der Waals surface area (Å²) in [4.78, 5) is 4.29. The Balaban J connectivity index is 1.30. The fraction of sp³-hybridized carbons (Fsp3) is 0.867. The lowest BCUT2D eigenvalue weighted by atomic mass is 9.79. The SMILES string of the molecule is Cn1cnc(CCNC2CC3CC2C2CCCC32)n1. The molecule has 1 heterocycles. The molecule has 0 aromatic carbocycles. The second-order valence-electron chi connectivity index (χ2n) is 6.80. The molecule has 1 N–H and O–H groups in total. The van der Waals surface area contributed by atoms with E-state index in [-0.39, 0.29) is 0 Å². The maximum Gasteiger partial charge on any atom is 0.151 e. The van der Waals surface area contributed by atoms with Crippen molar-refractivity contribution in [2.75, 3.05) is 6.54 Å². The van der Waals surface area contributed by atoms with Gasteiger partial charge in [-0.05, 0) is 49.4 Å². The molecule has 1 aromatic rings. The van der Waals surface area contributed by atoms with Crippen molar-refractivity contribution in [2.24, 2.45) is 30.7 Å². The Bertz CT molecular complexity index is 455. The number of aromatic nitrogens is 3. The Morgan fingerprint density at radius 1 is 1.26 bits per heavy atom. The van der Waals surface area contributed by atoms with Crippen LogP contribution in [0.4, 0.5) is 0 Å². The van der Waals surface area contributed by atoms with Crippen molar-refractivity contribution < 1.29 is 0 Å². The smallest absolute Gasteiger partial charge is 0.151 e. The summed E-state index contributed by atoms with van der Waals surface area (Å²) < 4.78 is 1.79. The van der Waals surface area contributed by atoms with E-state index in [0.29, 0.717) is 0 Å². The molecule has 0 saturated heterocycles. The quantitative estimate of drug-likeness (QED) is 0.897. The fourth-order valence-corrected chi connectivity index (χ4v) is 5.17. The second kappa shape index (κ2) is 4.58. The highest BCUT2D eigenvalue weighted by atomic mass is 15.3. The molecule has 19 heavy (non-hydrogen) atoms. The maximum absolute atomic E-state index is 4.34. The van der Waals surface area contributed by atoms with Gasteiger partial charge < -0.3 is 5.32 Å². The average molecular weight is 260 g/mol. The molecule has 4 rings (SSSR count). The summed E-state index contributed by atoms with van der Waals surface area (Å²) in [6.07, 6.45) is 10.2. The van der Waals surface area contributed by atoms with Gasteiger partial charge in [-0.3, -0.25) is 4.68 Å². The molecule has 3 saturated carbocycles. The second-order valence-corrected chi connectivity index (χ2v) is 6.80. The minimum atomic E-state index is 0.785. The molecule has 1 aromatic heterocycles. The highest BCUT2D eigenvalue weighted by molar-refractivity contribution is 5.05. The monoisotopic (exact) mass is 260 g/mol. The van der Waals surface area contributed by atoms with Crippen LogP contribution in [0, 0.1) is 23.7 Å². The first-order chi connectivity index (χ1) is 9.31. The normalized spacial score (nSPS) is 39.9. The van der Waals surface area contributed by atoms with E-state index in [9.17, 15) is 0 Å². The van der Waals surface area contributed by atoms with Crippen LogP contribution in [0.5, 0.6) is 0 Å². The topological polar surface area (TPSA) is 42.7 Å². The highest BCUT2D eigenvalue weighted by Crippen LogP contribution is 2.58. The zero-order valence-electron chi connectivity index (χ0n) is 11.8. The first-order valence-corrected chi connectivity index (χ1v) is 7.89. The van der Waals surface area contributed by atoms with Crippen LogP contribution in [0.25, 0.3) is 0 Å². The van der Waals surface area contributed by atoms with Crippen LogP contribution in [-0.4, -0.2) is 27.4 Å². The predicted octanol–water partition coefficient (Wildman–Crippen LogP) is 1.77. The van der Waals surface area contributed by atoms with Crippen LogP contribution in [0.1, 0.15) is 37.9 Å². The molecule has 5 unspecified atom stereocenters. The van der Waals surface area contributed by atoms with E-state index in [1.54, 1.807) is 11.0 Å². The lowest BCUT2D eigenvalue weighted by Gasteiger charge is -2.32. The van der Waals surface area contributed by atoms with Crippen molar-refractivity contribution in [1.82, 2.24) is 20.1 Å². The number of nitrogens with zero attached hydrogens (tertiary/aromatic N) is 3. The Labute approximate surface area is 115 Å². The van der Waals surface area contributed by atoms with Crippen molar-refractivity contribution in [1.29, 1.82) is 0 Å². The average Bonchev–Trinajstić information content (AvgIpc) is 3.09. The molecule has 0 radical (unpaired) electrons. The third-order valence-corrected chi connectivity index (χ3v) is 5.83. The van der Waals surface area contributed by atoms with E-state index in [2.05, 4.69) is 15.4 Å². The number of hydrogen-bond donors (Lipinski definition) is 1. The van der Waals surface area contributed by atoms with Gasteiger partial charge in [0.15, 0.2) is 5.82 Å². The molecule has 0 spiro atoms. The number of aryl methyl sites for hydroxylation is 1. The third kappa shape index (κ3) is 2.00. The van der Waals surface area contributed by atoms with Gasteiger partial charge in [0.1, 0.15) is 6.33 Å². The molecule has 0 amide bonds. The van der Waals surface area contributed by atoms with Gasteiger partial charge in [0, 0.05) is 26.1 Å². The van der Waals surface area contributed by atoms with Crippen LogP contribution < -0.4 is 5.32 Å². The molecule has 5 atom stereocenters. The van der Waals surface area contributed by atoms with E-state index in [0.717, 1.165) is 48.5 Å². The van der Waals surface area contributed by atoms with Gasteiger partial charge in [-0.15, -0.1) is 0 Å². The van der Waals surface area contributed by atoms with Crippen LogP contribution in [-0.2, 0) is 13.5 Å². The van der Waals surface area contributed by atoms with Gasteiger partial charge in [0.25, 0.3) is 0 Å². The minimum Gasteiger partial charge on any atom is -0.313 e. The first-order valence-electron chi connectivity index (χ1n) is 7.89. The van der Waals surface area contributed by atoms with Crippen LogP contribution >= 0.6 is 0 Å². The summed E-state index contributed by atoms with van der Waals surface area (Å²) in [6, 6.07) is 0.785. The summed E-state index contributed by atoms with van der Waals surface area (Å²) in [5.41, 5.74) is 0.